The fourth-order valence-corrected chi connectivity index (χ4v) is 1.91. The van der Waals surface area contributed by atoms with Crippen molar-refractivity contribution in [3.63, 3.8) is 0 Å². The monoisotopic (exact) mass is 291 g/mol. The molecule has 1 aromatic carbocycles. The SMILES string of the molecule is CCO[C@@H](C)C(=O)Nc1ccnn1Cc1ccccc1F. The Bertz CT molecular complexity index is 612. The molecule has 1 aromatic heterocycles. The van der Waals surface area contributed by atoms with E-state index >= 15 is 0 Å². The average Bonchev–Trinajstić information content (AvgIpc) is 2.89. The van der Waals surface area contributed by atoms with Crippen LogP contribution in [0, 0.1) is 5.82 Å². The Hall–Kier alpha value is -2.21. The maximum absolute atomic E-state index is 13.7. The van der Waals surface area contributed by atoms with Gasteiger partial charge in [-0.2, -0.15) is 5.10 Å². The Morgan fingerprint density at radius 1 is 1.43 bits per heavy atom. The summed E-state index contributed by atoms with van der Waals surface area (Å²) in [5, 5.41) is 6.83. The Kier molecular flexibility index (Phi) is 5.05. The Balaban J connectivity index is 2.09. The number of amides is 1. The van der Waals surface area contributed by atoms with E-state index in [1.54, 1.807) is 37.4 Å². The Morgan fingerprint density at radius 2 is 2.19 bits per heavy atom. The van der Waals surface area contributed by atoms with Crippen LogP contribution < -0.4 is 5.32 Å². The third-order valence-corrected chi connectivity index (χ3v) is 3.03. The average molecular weight is 291 g/mol. The van der Waals surface area contributed by atoms with E-state index in [0.717, 1.165) is 0 Å². The lowest BCUT2D eigenvalue weighted by Gasteiger charge is -2.13. The van der Waals surface area contributed by atoms with Gasteiger partial charge in [0.15, 0.2) is 0 Å². The first kappa shape index (κ1) is 15.2. The van der Waals surface area contributed by atoms with Gasteiger partial charge in [-0.05, 0) is 19.9 Å². The lowest BCUT2D eigenvalue weighted by Crippen LogP contribution is -2.28. The number of aromatic nitrogens is 2. The number of nitrogens with zero attached hydrogens (tertiary/aromatic N) is 2. The molecule has 0 spiro atoms. The molecule has 0 fully saturated rings. The third-order valence-electron chi connectivity index (χ3n) is 3.03. The number of carbonyl (C=O) groups excluding carboxylic acids is 1. The molecule has 21 heavy (non-hydrogen) atoms. The van der Waals surface area contributed by atoms with Gasteiger partial charge in [0.05, 0.1) is 12.7 Å². The van der Waals surface area contributed by atoms with Crippen molar-refractivity contribution in [2.24, 2.45) is 0 Å². The molecule has 0 aliphatic heterocycles. The number of rotatable bonds is 6. The van der Waals surface area contributed by atoms with E-state index in [9.17, 15) is 9.18 Å². The van der Waals surface area contributed by atoms with Crippen LogP contribution in [0.1, 0.15) is 19.4 Å². The first-order chi connectivity index (χ1) is 10.1. The van der Waals surface area contributed by atoms with E-state index in [1.807, 2.05) is 6.92 Å². The van der Waals surface area contributed by atoms with E-state index in [4.69, 9.17) is 4.74 Å². The molecule has 112 valence electrons. The van der Waals surface area contributed by atoms with Crippen molar-refractivity contribution in [3.8, 4) is 0 Å². The van der Waals surface area contributed by atoms with Crippen molar-refractivity contribution >= 4 is 11.7 Å². The summed E-state index contributed by atoms with van der Waals surface area (Å²) in [6.07, 6.45) is 1.01. The molecule has 0 unspecified atom stereocenters. The van der Waals surface area contributed by atoms with Crippen LogP contribution in [-0.2, 0) is 16.1 Å². The Labute approximate surface area is 122 Å². The number of benzene rings is 1. The highest BCUT2D eigenvalue weighted by atomic mass is 19.1. The number of halogens is 1. The molecule has 1 heterocycles. The Morgan fingerprint density at radius 3 is 2.90 bits per heavy atom. The summed E-state index contributed by atoms with van der Waals surface area (Å²) in [6.45, 7) is 4.21. The zero-order chi connectivity index (χ0) is 15.2. The van der Waals surface area contributed by atoms with Crippen molar-refractivity contribution in [3.05, 3.63) is 47.9 Å². The second-order valence-electron chi connectivity index (χ2n) is 4.55. The van der Waals surface area contributed by atoms with Crippen molar-refractivity contribution in [1.82, 2.24) is 9.78 Å². The van der Waals surface area contributed by atoms with E-state index < -0.39 is 6.10 Å². The maximum atomic E-state index is 13.7. The van der Waals surface area contributed by atoms with Crippen molar-refractivity contribution in [2.45, 2.75) is 26.5 Å². The van der Waals surface area contributed by atoms with Gasteiger partial charge in [0, 0.05) is 18.2 Å². The number of nitrogens with one attached hydrogen (secondary N) is 1. The third kappa shape index (κ3) is 3.88. The van der Waals surface area contributed by atoms with Crippen LogP contribution in [0.4, 0.5) is 10.2 Å². The summed E-state index contributed by atoms with van der Waals surface area (Å²) in [4.78, 5) is 11.9. The number of carbonyl (C=O) groups is 1. The molecule has 0 saturated heterocycles. The summed E-state index contributed by atoms with van der Waals surface area (Å²) in [7, 11) is 0. The van der Waals surface area contributed by atoms with Crippen molar-refractivity contribution in [1.29, 1.82) is 0 Å². The van der Waals surface area contributed by atoms with Gasteiger partial charge in [0.25, 0.3) is 5.91 Å². The lowest BCUT2D eigenvalue weighted by atomic mass is 10.2. The smallest absolute Gasteiger partial charge is 0.254 e. The second-order valence-corrected chi connectivity index (χ2v) is 4.55. The fourth-order valence-electron chi connectivity index (χ4n) is 1.91. The van der Waals surface area contributed by atoms with Crippen LogP contribution in [0.5, 0.6) is 0 Å². The van der Waals surface area contributed by atoms with Gasteiger partial charge in [0.1, 0.15) is 17.7 Å². The minimum atomic E-state index is -0.549. The number of hydrogen-bond donors (Lipinski definition) is 1. The normalized spacial score (nSPS) is 12.1. The van der Waals surface area contributed by atoms with Crippen LogP contribution in [0.15, 0.2) is 36.5 Å². The van der Waals surface area contributed by atoms with Crippen LogP contribution >= 0.6 is 0 Å². The van der Waals surface area contributed by atoms with E-state index in [0.29, 0.717) is 18.0 Å². The summed E-state index contributed by atoms with van der Waals surface area (Å²) in [6, 6.07) is 8.14. The highest BCUT2D eigenvalue weighted by Crippen LogP contribution is 2.13. The first-order valence-corrected chi connectivity index (χ1v) is 6.79. The largest absolute Gasteiger partial charge is 0.369 e. The molecule has 0 aliphatic carbocycles. The lowest BCUT2D eigenvalue weighted by molar-refractivity contribution is -0.126. The van der Waals surface area contributed by atoms with Crippen LogP contribution in [0.3, 0.4) is 0 Å². The first-order valence-electron chi connectivity index (χ1n) is 6.79. The van der Waals surface area contributed by atoms with E-state index in [1.165, 1.54) is 10.7 Å². The molecular weight excluding hydrogens is 273 g/mol. The summed E-state index contributed by atoms with van der Waals surface area (Å²) >= 11 is 0. The van der Waals surface area contributed by atoms with Gasteiger partial charge >= 0.3 is 0 Å². The maximum Gasteiger partial charge on any atom is 0.254 e. The molecule has 0 radical (unpaired) electrons. The van der Waals surface area contributed by atoms with Crippen LogP contribution in [0.25, 0.3) is 0 Å². The standard InChI is InChI=1S/C15H18FN3O2/c1-3-21-11(2)15(20)18-14-8-9-17-19(14)10-12-6-4-5-7-13(12)16/h4-9,11H,3,10H2,1-2H3,(H,18,20)/t11-/m0/s1. The molecule has 1 atom stereocenters. The van der Waals surface area contributed by atoms with Crippen molar-refractivity contribution in [2.75, 3.05) is 11.9 Å². The molecule has 2 aromatic rings. The molecule has 0 bridgehead atoms. The molecule has 0 saturated carbocycles. The minimum absolute atomic E-state index is 0.248. The van der Waals surface area contributed by atoms with Gasteiger partial charge < -0.3 is 10.1 Å². The zero-order valence-corrected chi connectivity index (χ0v) is 12.0. The van der Waals surface area contributed by atoms with Gasteiger partial charge in [-0.1, -0.05) is 18.2 Å². The summed E-state index contributed by atoms with van der Waals surface area (Å²) < 4.78 is 20.4. The topological polar surface area (TPSA) is 56.1 Å². The molecule has 1 N–H and O–H groups in total. The van der Waals surface area contributed by atoms with Crippen LogP contribution in [-0.4, -0.2) is 28.4 Å². The molecular formula is C15H18FN3O2. The minimum Gasteiger partial charge on any atom is -0.369 e. The fraction of sp³-hybridized carbons (Fsp3) is 0.333. The molecule has 1 amide bonds. The quantitative estimate of drug-likeness (QED) is 0.889. The summed E-state index contributed by atoms with van der Waals surface area (Å²) in [5.41, 5.74) is 0.509. The highest BCUT2D eigenvalue weighted by molar-refractivity contribution is 5.93. The number of ether oxygens (including phenoxy) is 1. The van der Waals surface area contributed by atoms with Gasteiger partial charge in [-0.3, -0.25) is 4.79 Å². The molecule has 0 aliphatic rings. The predicted molar refractivity (Wildman–Crippen MR) is 77.4 cm³/mol. The van der Waals surface area contributed by atoms with Gasteiger partial charge in [-0.15, -0.1) is 0 Å². The molecule has 6 heteroatoms. The predicted octanol–water partition coefficient (Wildman–Crippen LogP) is 2.43. The number of hydrogen-bond acceptors (Lipinski definition) is 3. The summed E-state index contributed by atoms with van der Waals surface area (Å²) in [5.74, 6) is -0.0464. The second kappa shape index (κ2) is 6.99. The van der Waals surface area contributed by atoms with Gasteiger partial charge in [-0.25, -0.2) is 9.07 Å². The molecule has 2 rings (SSSR count). The van der Waals surface area contributed by atoms with Crippen LogP contribution in [0.2, 0.25) is 0 Å². The van der Waals surface area contributed by atoms with Gasteiger partial charge in [0.2, 0.25) is 0 Å². The van der Waals surface area contributed by atoms with Crippen molar-refractivity contribution < 1.29 is 13.9 Å². The highest BCUT2D eigenvalue weighted by Gasteiger charge is 2.15. The number of anilines is 1. The zero-order valence-electron chi connectivity index (χ0n) is 12.0. The molecule has 5 nitrogen and oxygen atoms in total. The van der Waals surface area contributed by atoms with E-state index in [-0.39, 0.29) is 18.3 Å². The van der Waals surface area contributed by atoms with E-state index in [2.05, 4.69) is 10.4 Å².